The molecule has 0 radical (unpaired) electrons. The molecule has 4 heteroatoms. The van der Waals surface area contributed by atoms with Gasteiger partial charge in [0, 0.05) is 24.1 Å². The summed E-state index contributed by atoms with van der Waals surface area (Å²) in [4.78, 5) is 4.12. The second kappa shape index (κ2) is 6.48. The number of hydrogen-bond donors (Lipinski definition) is 2. The van der Waals surface area contributed by atoms with E-state index >= 15 is 0 Å². The van der Waals surface area contributed by atoms with E-state index in [9.17, 15) is 4.39 Å². The average molecular weight is 273 g/mol. The predicted molar refractivity (Wildman–Crippen MR) is 79.9 cm³/mol. The van der Waals surface area contributed by atoms with E-state index in [0.29, 0.717) is 0 Å². The summed E-state index contributed by atoms with van der Waals surface area (Å²) in [5, 5.41) is 3.43. The lowest BCUT2D eigenvalue weighted by molar-refractivity contribution is 0.544. The van der Waals surface area contributed by atoms with E-state index in [1.807, 2.05) is 13.0 Å². The normalized spacial score (nSPS) is 12.3. The van der Waals surface area contributed by atoms with Gasteiger partial charge in [0.25, 0.3) is 0 Å². The molecule has 0 aliphatic heterocycles. The van der Waals surface area contributed by atoms with Crippen LogP contribution < -0.4 is 11.1 Å². The number of aromatic nitrogens is 1. The molecule has 0 bridgehead atoms. The monoisotopic (exact) mass is 273 g/mol. The Bertz CT molecular complexity index is 584. The van der Waals surface area contributed by atoms with Crippen LogP contribution in [0, 0.1) is 12.7 Å². The van der Waals surface area contributed by atoms with Crippen molar-refractivity contribution in [2.45, 2.75) is 26.3 Å². The van der Waals surface area contributed by atoms with Crippen LogP contribution in [0.15, 0.2) is 36.7 Å². The first-order chi connectivity index (χ1) is 9.61. The van der Waals surface area contributed by atoms with Gasteiger partial charge in [-0.2, -0.15) is 0 Å². The van der Waals surface area contributed by atoms with Gasteiger partial charge in [-0.1, -0.05) is 13.0 Å². The number of anilines is 1. The van der Waals surface area contributed by atoms with Gasteiger partial charge in [0.1, 0.15) is 5.82 Å². The molecule has 2 rings (SSSR count). The highest BCUT2D eigenvalue weighted by Crippen LogP contribution is 2.24. The smallest absolute Gasteiger partial charge is 0.123 e. The summed E-state index contributed by atoms with van der Waals surface area (Å²) in [5.74, 6) is -0.206. The zero-order valence-corrected chi connectivity index (χ0v) is 11.9. The van der Waals surface area contributed by atoms with E-state index in [4.69, 9.17) is 5.73 Å². The van der Waals surface area contributed by atoms with Crippen molar-refractivity contribution in [2.24, 2.45) is 0 Å². The summed E-state index contributed by atoms with van der Waals surface area (Å²) in [6.45, 7) is 4.81. The fraction of sp³-hybridized carbons (Fsp3) is 0.312. The summed E-state index contributed by atoms with van der Waals surface area (Å²) >= 11 is 0. The van der Waals surface area contributed by atoms with E-state index in [0.717, 1.165) is 35.3 Å². The van der Waals surface area contributed by atoms with Crippen LogP contribution >= 0.6 is 0 Å². The van der Waals surface area contributed by atoms with Crippen LogP contribution in [-0.2, 0) is 6.42 Å². The number of likely N-dealkylation sites (N-methyl/N-ethyl adjacent to an activating group) is 1. The van der Waals surface area contributed by atoms with Crippen LogP contribution in [0.4, 0.5) is 10.1 Å². The maximum absolute atomic E-state index is 13.2. The number of nitrogens with one attached hydrogen (secondary N) is 1. The first-order valence-electron chi connectivity index (χ1n) is 6.79. The molecule has 1 aromatic heterocycles. The first-order valence-corrected chi connectivity index (χ1v) is 6.79. The molecule has 1 heterocycles. The molecule has 0 amide bonds. The predicted octanol–water partition coefficient (Wildman–Crippen LogP) is 3.00. The van der Waals surface area contributed by atoms with Crippen molar-refractivity contribution in [1.82, 2.24) is 10.3 Å². The molecule has 0 aliphatic rings. The quantitative estimate of drug-likeness (QED) is 0.880. The lowest BCUT2D eigenvalue weighted by atomic mass is 9.95. The summed E-state index contributed by atoms with van der Waals surface area (Å²) < 4.78 is 13.2. The summed E-state index contributed by atoms with van der Waals surface area (Å²) in [6, 6.07) is 6.80. The number of benzene rings is 1. The average Bonchev–Trinajstić information content (AvgIpc) is 2.41. The third-order valence-electron chi connectivity index (χ3n) is 3.42. The van der Waals surface area contributed by atoms with Crippen LogP contribution in [0.1, 0.15) is 29.7 Å². The van der Waals surface area contributed by atoms with Crippen molar-refractivity contribution in [2.75, 3.05) is 12.3 Å². The van der Waals surface area contributed by atoms with E-state index in [-0.39, 0.29) is 11.9 Å². The number of nitrogens with two attached hydrogens (primary N) is 1. The molecular formula is C16H20FN3. The zero-order chi connectivity index (χ0) is 14.5. The Balaban J connectivity index is 2.29. The maximum atomic E-state index is 13.2. The van der Waals surface area contributed by atoms with Crippen molar-refractivity contribution in [3.8, 4) is 0 Å². The van der Waals surface area contributed by atoms with Gasteiger partial charge in [0.05, 0.1) is 0 Å². The Kier molecular flexibility index (Phi) is 4.69. The van der Waals surface area contributed by atoms with E-state index in [1.165, 1.54) is 6.07 Å². The molecular weight excluding hydrogens is 253 g/mol. The largest absolute Gasteiger partial charge is 0.398 e. The summed E-state index contributed by atoms with van der Waals surface area (Å²) in [5.41, 5.74) is 9.76. The van der Waals surface area contributed by atoms with Gasteiger partial charge in [0.15, 0.2) is 0 Å². The number of rotatable bonds is 5. The fourth-order valence-corrected chi connectivity index (χ4v) is 2.40. The SMILES string of the molecule is CCNC(Cc1cnccc1N)c1ccc(F)cc1C. The third kappa shape index (κ3) is 3.33. The van der Waals surface area contributed by atoms with Gasteiger partial charge in [-0.25, -0.2) is 4.39 Å². The van der Waals surface area contributed by atoms with E-state index in [2.05, 4.69) is 17.2 Å². The number of aryl methyl sites for hydroxylation is 1. The highest BCUT2D eigenvalue weighted by Gasteiger charge is 2.15. The maximum Gasteiger partial charge on any atom is 0.123 e. The summed E-state index contributed by atoms with van der Waals surface area (Å²) in [6.07, 6.45) is 4.21. The van der Waals surface area contributed by atoms with Gasteiger partial charge in [0.2, 0.25) is 0 Å². The number of nitrogens with zero attached hydrogens (tertiary/aromatic N) is 1. The molecule has 3 nitrogen and oxygen atoms in total. The molecule has 0 fully saturated rings. The Labute approximate surface area is 119 Å². The molecule has 1 atom stereocenters. The molecule has 3 N–H and O–H groups in total. The highest BCUT2D eigenvalue weighted by molar-refractivity contribution is 5.45. The first kappa shape index (κ1) is 14.5. The highest BCUT2D eigenvalue weighted by atomic mass is 19.1. The number of halogens is 1. The second-order valence-corrected chi connectivity index (χ2v) is 4.89. The van der Waals surface area contributed by atoms with E-state index < -0.39 is 0 Å². The fourth-order valence-electron chi connectivity index (χ4n) is 2.40. The van der Waals surface area contributed by atoms with Crippen molar-refractivity contribution in [3.63, 3.8) is 0 Å². The third-order valence-corrected chi connectivity index (χ3v) is 3.42. The lowest BCUT2D eigenvalue weighted by Gasteiger charge is -2.21. The van der Waals surface area contributed by atoms with Gasteiger partial charge < -0.3 is 11.1 Å². The molecule has 1 unspecified atom stereocenters. The minimum atomic E-state index is -0.206. The lowest BCUT2D eigenvalue weighted by Crippen LogP contribution is -2.24. The van der Waals surface area contributed by atoms with Crippen LogP contribution in [0.25, 0.3) is 0 Å². The summed E-state index contributed by atoms with van der Waals surface area (Å²) in [7, 11) is 0. The Hall–Kier alpha value is -1.94. The van der Waals surface area contributed by atoms with Gasteiger partial charge in [-0.15, -0.1) is 0 Å². The molecule has 0 aliphatic carbocycles. The number of hydrogen-bond acceptors (Lipinski definition) is 3. The van der Waals surface area contributed by atoms with Crippen LogP contribution in [0.5, 0.6) is 0 Å². The van der Waals surface area contributed by atoms with Crippen LogP contribution in [-0.4, -0.2) is 11.5 Å². The van der Waals surface area contributed by atoms with Gasteiger partial charge in [-0.05, 0) is 54.8 Å². The number of nitrogen functional groups attached to an aromatic ring is 1. The topological polar surface area (TPSA) is 50.9 Å². The van der Waals surface area contributed by atoms with Crippen molar-refractivity contribution < 1.29 is 4.39 Å². The molecule has 2 aromatic rings. The standard InChI is InChI=1S/C16H20FN3/c1-3-20-16(9-12-10-19-7-6-15(12)18)14-5-4-13(17)8-11(14)2/h4-8,10,16,20H,3,9H2,1-2H3,(H2,18,19). The molecule has 0 spiro atoms. The Morgan fingerprint density at radius 1 is 1.35 bits per heavy atom. The molecule has 0 saturated carbocycles. The van der Waals surface area contributed by atoms with Gasteiger partial charge in [-0.3, -0.25) is 4.98 Å². The zero-order valence-electron chi connectivity index (χ0n) is 11.9. The van der Waals surface area contributed by atoms with Crippen molar-refractivity contribution >= 4 is 5.69 Å². The Morgan fingerprint density at radius 3 is 2.80 bits per heavy atom. The molecule has 106 valence electrons. The van der Waals surface area contributed by atoms with Crippen molar-refractivity contribution in [1.29, 1.82) is 0 Å². The van der Waals surface area contributed by atoms with Crippen LogP contribution in [0.2, 0.25) is 0 Å². The van der Waals surface area contributed by atoms with Crippen LogP contribution in [0.3, 0.4) is 0 Å². The molecule has 1 aromatic carbocycles. The number of pyridine rings is 1. The van der Waals surface area contributed by atoms with E-state index in [1.54, 1.807) is 24.5 Å². The molecule has 20 heavy (non-hydrogen) atoms. The second-order valence-electron chi connectivity index (χ2n) is 4.89. The molecule has 0 saturated heterocycles. The minimum absolute atomic E-state index is 0.104. The minimum Gasteiger partial charge on any atom is -0.398 e. The van der Waals surface area contributed by atoms with Crippen molar-refractivity contribution in [3.05, 3.63) is 59.2 Å². The van der Waals surface area contributed by atoms with Gasteiger partial charge >= 0.3 is 0 Å². The Morgan fingerprint density at radius 2 is 2.15 bits per heavy atom.